The zero-order valence-corrected chi connectivity index (χ0v) is 18.6. The van der Waals surface area contributed by atoms with E-state index in [0.29, 0.717) is 18.9 Å². The zero-order chi connectivity index (χ0) is 23.3. The molecule has 7 nitrogen and oxygen atoms in total. The van der Waals surface area contributed by atoms with Gasteiger partial charge in [0.15, 0.2) is 0 Å². The van der Waals surface area contributed by atoms with Crippen molar-refractivity contribution in [1.82, 2.24) is 4.90 Å². The standard InChI is InChI=1S/C24H24FN3O4S/c25-19-8-10-21(11-9-19)33(30,31)27-23-7-2-1-6-22(23)24(29)26-20-5-3-4-18(16-20)17-28-12-14-32-15-13-28/h1-11,16,27H,12-15,17H2,(H,26,29). The molecule has 172 valence electrons. The summed E-state index contributed by atoms with van der Waals surface area (Å²) in [6.07, 6.45) is 0. The summed E-state index contributed by atoms with van der Waals surface area (Å²) in [6.45, 7) is 3.89. The third-order valence-corrected chi connectivity index (χ3v) is 6.62. The fourth-order valence-electron chi connectivity index (χ4n) is 3.55. The van der Waals surface area contributed by atoms with Gasteiger partial charge in [-0.15, -0.1) is 0 Å². The molecule has 2 N–H and O–H groups in total. The SMILES string of the molecule is O=C(Nc1cccc(CN2CCOCC2)c1)c1ccccc1NS(=O)(=O)c1ccc(F)cc1. The molecule has 9 heteroatoms. The topological polar surface area (TPSA) is 87.7 Å². The minimum absolute atomic E-state index is 0.102. The summed E-state index contributed by atoms with van der Waals surface area (Å²) in [5.74, 6) is -0.986. The van der Waals surface area contributed by atoms with Gasteiger partial charge in [-0.25, -0.2) is 12.8 Å². The van der Waals surface area contributed by atoms with E-state index in [0.717, 1.165) is 37.3 Å². The quantitative estimate of drug-likeness (QED) is 0.551. The summed E-state index contributed by atoms with van der Waals surface area (Å²) in [7, 11) is -3.99. The van der Waals surface area contributed by atoms with Crippen LogP contribution < -0.4 is 10.0 Å². The number of halogens is 1. The summed E-state index contributed by atoms with van der Waals surface area (Å²) in [6, 6.07) is 18.3. The third kappa shape index (κ3) is 5.95. The smallest absolute Gasteiger partial charge is 0.261 e. The van der Waals surface area contributed by atoms with Gasteiger partial charge in [-0.2, -0.15) is 0 Å². The van der Waals surface area contributed by atoms with E-state index in [1.165, 1.54) is 24.3 Å². The van der Waals surface area contributed by atoms with Crippen molar-refractivity contribution >= 4 is 27.3 Å². The molecule has 1 saturated heterocycles. The molecule has 0 atom stereocenters. The number of para-hydroxylation sites is 1. The summed E-state index contributed by atoms with van der Waals surface area (Å²) in [5.41, 5.74) is 1.97. The molecule has 3 aromatic rings. The molecule has 0 unspecified atom stereocenters. The third-order valence-electron chi connectivity index (χ3n) is 5.23. The summed E-state index contributed by atoms with van der Waals surface area (Å²) < 4.78 is 46.4. The van der Waals surface area contributed by atoms with E-state index in [2.05, 4.69) is 14.9 Å². The van der Waals surface area contributed by atoms with Crippen LogP contribution in [-0.4, -0.2) is 45.5 Å². The number of hydrogen-bond acceptors (Lipinski definition) is 5. The largest absolute Gasteiger partial charge is 0.379 e. The summed E-state index contributed by atoms with van der Waals surface area (Å²) in [5, 5.41) is 2.84. The number of carbonyl (C=O) groups excluding carboxylic acids is 1. The first-order chi connectivity index (χ1) is 15.9. The first-order valence-corrected chi connectivity index (χ1v) is 12.0. The lowest BCUT2D eigenvalue weighted by Gasteiger charge is -2.26. The molecule has 1 heterocycles. The van der Waals surface area contributed by atoms with Crippen LogP contribution in [0.2, 0.25) is 0 Å². The second-order valence-electron chi connectivity index (χ2n) is 7.65. The first-order valence-electron chi connectivity index (χ1n) is 10.5. The molecule has 1 aliphatic heterocycles. The average molecular weight is 470 g/mol. The Bertz CT molecular complexity index is 1230. The maximum absolute atomic E-state index is 13.2. The van der Waals surface area contributed by atoms with Crippen LogP contribution in [0.4, 0.5) is 15.8 Å². The van der Waals surface area contributed by atoms with E-state index in [4.69, 9.17) is 4.74 Å². The molecule has 0 aliphatic carbocycles. The van der Waals surface area contributed by atoms with Crippen molar-refractivity contribution in [1.29, 1.82) is 0 Å². The number of hydrogen-bond donors (Lipinski definition) is 2. The molecule has 1 fully saturated rings. The number of morpholine rings is 1. The minimum atomic E-state index is -3.99. The Morgan fingerprint density at radius 2 is 1.70 bits per heavy atom. The Morgan fingerprint density at radius 3 is 2.45 bits per heavy atom. The molecule has 0 saturated carbocycles. The van der Waals surface area contributed by atoms with Crippen LogP contribution >= 0.6 is 0 Å². The van der Waals surface area contributed by atoms with Gasteiger partial charge in [0.1, 0.15) is 5.82 Å². The highest BCUT2D eigenvalue weighted by Crippen LogP contribution is 2.22. The summed E-state index contributed by atoms with van der Waals surface area (Å²) >= 11 is 0. The number of nitrogens with one attached hydrogen (secondary N) is 2. The minimum Gasteiger partial charge on any atom is -0.379 e. The van der Waals surface area contributed by atoms with E-state index < -0.39 is 21.7 Å². The molecule has 0 radical (unpaired) electrons. The Balaban J connectivity index is 1.49. The summed E-state index contributed by atoms with van der Waals surface area (Å²) in [4.78, 5) is 15.2. The Labute approximate surface area is 192 Å². The Morgan fingerprint density at radius 1 is 0.970 bits per heavy atom. The fourth-order valence-corrected chi connectivity index (χ4v) is 4.63. The van der Waals surface area contributed by atoms with Crippen molar-refractivity contribution in [3.8, 4) is 0 Å². The maximum atomic E-state index is 13.2. The van der Waals surface area contributed by atoms with Crippen LogP contribution in [0, 0.1) is 5.82 Å². The number of ether oxygens (including phenoxy) is 1. The van der Waals surface area contributed by atoms with Gasteiger partial charge in [0.05, 0.1) is 29.4 Å². The second kappa shape index (κ2) is 10.1. The van der Waals surface area contributed by atoms with Gasteiger partial charge in [-0.05, 0) is 54.1 Å². The van der Waals surface area contributed by atoms with Crippen LogP contribution in [0.3, 0.4) is 0 Å². The predicted molar refractivity (Wildman–Crippen MR) is 124 cm³/mol. The highest BCUT2D eigenvalue weighted by molar-refractivity contribution is 7.92. The van der Waals surface area contributed by atoms with Crippen molar-refractivity contribution in [3.05, 3.63) is 89.7 Å². The van der Waals surface area contributed by atoms with Gasteiger partial charge in [0, 0.05) is 25.3 Å². The lowest BCUT2D eigenvalue weighted by Crippen LogP contribution is -2.35. The van der Waals surface area contributed by atoms with Crippen LogP contribution in [0.15, 0.2) is 77.7 Å². The zero-order valence-electron chi connectivity index (χ0n) is 17.8. The number of anilines is 2. The number of nitrogens with zero attached hydrogens (tertiary/aromatic N) is 1. The van der Waals surface area contributed by atoms with Gasteiger partial charge >= 0.3 is 0 Å². The lowest BCUT2D eigenvalue weighted by atomic mass is 10.1. The highest BCUT2D eigenvalue weighted by Gasteiger charge is 2.19. The van der Waals surface area contributed by atoms with Crippen LogP contribution in [-0.2, 0) is 21.3 Å². The van der Waals surface area contributed by atoms with Crippen molar-refractivity contribution < 1.29 is 22.3 Å². The number of carbonyl (C=O) groups is 1. The van der Waals surface area contributed by atoms with E-state index in [1.807, 2.05) is 18.2 Å². The highest BCUT2D eigenvalue weighted by atomic mass is 32.2. The van der Waals surface area contributed by atoms with Crippen LogP contribution in [0.5, 0.6) is 0 Å². The van der Waals surface area contributed by atoms with Crippen molar-refractivity contribution in [3.63, 3.8) is 0 Å². The van der Waals surface area contributed by atoms with Crippen molar-refractivity contribution in [2.45, 2.75) is 11.4 Å². The number of rotatable bonds is 7. The van der Waals surface area contributed by atoms with Gasteiger partial charge in [-0.1, -0.05) is 24.3 Å². The monoisotopic (exact) mass is 469 g/mol. The Hall–Kier alpha value is -3.27. The predicted octanol–water partition coefficient (Wildman–Crippen LogP) is 3.71. The molecule has 1 amide bonds. The normalized spacial score (nSPS) is 14.6. The molecule has 4 rings (SSSR count). The maximum Gasteiger partial charge on any atom is 0.261 e. The Kier molecular flexibility index (Phi) is 7.02. The van der Waals surface area contributed by atoms with E-state index >= 15 is 0 Å². The molecule has 1 aliphatic rings. The van der Waals surface area contributed by atoms with Crippen molar-refractivity contribution in [2.75, 3.05) is 36.3 Å². The van der Waals surface area contributed by atoms with Gasteiger partial charge in [-0.3, -0.25) is 14.4 Å². The van der Waals surface area contributed by atoms with Crippen LogP contribution in [0.25, 0.3) is 0 Å². The number of amides is 1. The average Bonchev–Trinajstić information content (AvgIpc) is 2.80. The van der Waals surface area contributed by atoms with E-state index in [9.17, 15) is 17.6 Å². The van der Waals surface area contributed by atoms with Crippen LogP contribution in [0.1, 0.15) is 15.9 Å². The van der Waals surface area contributed by atoms with E-state index in [-0.39, 0.29) is 16.1 Å². The second-order valence-corrected chi connectivity index (χ2v) is 9.33. The number of sulfonamides is 1. The number of benzene rings is 3. The van der Waals surface area contributed by atoms with Gasteiger partial charge < -0.3 is 10.1 Å². The fraction of sp³-hybridized carbons (Fsp3) is 0.208. The van der Waals surface area contributed by atoms with Gasteiger partial charge in [0.2, 0.25) is 0 Å². The lowest BCUT2D eigenvalue weighted by molar-refractivity contribution is 0.0342. The molecule has 0 aromatic heterocycles. The van der Waals surface area contributed by atoms with E-state index in [1.54, 1.807) is 18.2 Å². The molecule has 0 bridgehead atoms. The van der Waals surface area contributed by atoms with Crippen molar-refractivity contribution in [2.24, 2.45) is 0 Å². The molecular formula is C24H24FN3O4S. The first kappa shape index (κ1) is 22.9. The van der Waals surface area contributed by atoms with Gasteiger partial charge in [0.25, 0.3) is 15.9 Å². The molecule has 0 spiro atoms. The molecular weight excluding hydrogens is 445 g/mol. The molecule has 3 aromatic carbocycles. The molecule has 33 heavy (non-hydrogen) atoms.